The second-order valence-electron chi connectivity index (χ2n) is 4.16. The molecule has 2 N–H and O–H groups in total. The van der Waals surface area contributed by atoms with Crippen molar-refractivity contribution in [1.29, 1.82) is 5.26 Å². The number of ether oxygens (including phenoxy) is 1. The topological polar surface area (TPSA) is 71.9 Å². The van der Waals surface area contributed by atoms with E-state index in [0.717, 1.165) is 25.7 Å². The van der Waals surface area contributed by atoms with E-state index in [2.05, 4.69) is 4.98 Å². The molecule has 4 nitrogen and oxygen atoms in total. The number of nitrogens with two attached hydrogens (primary N) is 1. The Balaban J connectivity index is 1.95. The summed E-state index contributed by atoms with van der Waals surface area (Å²) in [6.45, 7) is 0. The van der Waals surface area contributed by atoms with Crippen molar-refractivity contribution in [2.24, 2.45) is 5.73 Å². The van der Waals surface area contributed by atoms with E-state index in [0.29, 0.717) is 11.4 Å². The van der Waals surface area contributed by atoms with E-state index >= 15 is 0 Å². The Bertz CT molecular complexity index is 382. The van der Waals surface area contributed by atoms with Crippen molar-refractivity contribution in [3.63, 3.8) is 0 Å². The van der Waals surface area contributed by atoms with Gasteiger partial charge in [0.15, 0.2) is 0 Å². The van der Waals surface area contributed by atoms with Crippen molar-refractivity contribution >= 4 is 0 Å². The molecule has 0 amide bonds. The molecule has 84 valence electrons. The van der Waals surface area contributed by atoms with E-state index in [1.54, 1.807) is 12.1 Å². The van der Waals surface area contributed by atoms with E-state index in [1.165, 1.54) is 6.20 Å². The third kappa shape index (κ3) is 2.71. The maximum Gasteiger partial charge on any atom is 0.213 e. The first kappa shape index (κ1) is 10.9. The van der Waals surface area contributed by atoms with Crippen LogP contribution in [0.15, 0.2) is 18.3 Å². The maximum atomic E-state index is 8.64. The first-order valence-corrected chi connectivity index (χ1v) is 5.56. The quantitative estimate of drug-likeness (QED) is 0.816. The number of pyridine rings is 1. The summed E-state index contributed by atoms with van der Waals surface area (Å²) in [4.78, 5) is 4.08. The van der Waals surface area contributed by atoms with Crippen LogP contribution >= 0.6 is 0 Å². The van der Waals surface area contributed by atoms with Crippen molar-refractivity contribution in [3.8, 4) is 11.9 Å². The van der Waals surface area contributed by atoms with Gasteiger partial charge in [-0.1, -0.05) is 0 Å². The van der Waals surface area contributed by atoms with Gasteiger partial charge in [0, 0.05) is 18.3 Å². The Morgan fingerprint density at radius 3 is 2.94 bits per heavy atom. The van der Waals surface area contributed by atoms with Gasteiger partial charge in [-0.3, -0.25) is 0 Å². The van der Waals surface area contributed by atoms with Crippen LogP contribution in [0, 0.1) is 11.3 Å². The van der Waals surface area contributed by atoms with Crippen LogP contribution in [-0.2, 0) is 0 Å². The summed E-state index contributed by atoms with van der Waals surface area (Å²) in [6.07, 6.45) is 5.82. The fourth-order valence-corrected chi connectivity index (χ4v) is 1.98. The molecule has 16 heavy (non-hydrogen) atoms. The molecule has 2 rings (SSSR count). The predicted octanol–water partition coefficient (Wildman–Crippen LogP) is 1.60. The molecular weight excluding hydrogens is 202 g/mol. The molecule has 1 aliphatic carbocycles. The molecule has 0 aliphatic heterocycles. The van der Waals surface area contributed by atoms with Gasteiger partial charge in [-0.25, -0.2) is 4.98 Å². The second-order valence-corrected chi connectivity index (χ2v) is 4.16. The molecule has 2 unspecified atom stereocenters. The van der Waals surface area contributed by atoms with Crippen LogP contribution in [0.25, 0.3) is 0 Å². The van der Waals surface area contributed by atoms with Crippen molar-refractivity contribution < 1.29 is 4.74 Å². The fourth-order valence-electron chi connectivity index (χ4n) is 1.98. The highest BCUT2D eigenvalue weighted by Crippen LogP contribution is 2.21. The van der Waals surface area contributed by atoms with Gasteiger partial charge in [0.2, 0.25) is 5.88 Å². The third-order valence-corrected chi connectivity index (χ3v) is 2.82. The summed E-state index contributed by atoms with van der Waals surface area (Å²) in [5.41, 5.74) is 6.43. The summed E-state index contributed by atoms with van der Waals surface area (Å²) in [5.74, 6) is 0.582. The van der Waals surface area contributed by atoms with Crippen LogP contribution in [0.4, 0.5) is 0 Å². The van der Waals surface area contributed by atoms with Gasteiger partial charge in [-0.05, 0) is 31.7 Å². The smallest absolute Gasteiger partial charge is 0.213 e. The zero-order chi connectivity index (χ0) is 11.4. The lowest BCUT2D eigenvalue weighted by Crippen LogP contribution is -2.33. The number of nitriles is 1. The van der Waals surface area contributed by atoms with Crippen molar-refractivity contribution in [2.75, 3.05) is 0 Å². The lowest BCUT2D eigenvalue weighted by molar-refractivity contribution is 0.138. The first-order chi connectivity index (χ1) is 7.78. The van der Waals surface area contributed by atoms with Gasteiger partial charge in [-0.15, -0.1) is 0 Å². The molecule has 1 fully saturated rings. The molecule has 0 aromatic carbocycles. The van der Waals surface area contributed by atoms with Gasteiger partial charge >= 0.3 is 0 Å². The second kappa shape index (κ2) is 4.95. The fraction of sp³-hybridized carbons (Fsp3) is 0.500. The van der Waals surface area contributed by atoms with Gasteiger partial charge in [0.1, 0.15) is 12.2 Å². The summed E-state index contributed by atoms with van der Waals surface area (Å²) in [6, 6.07) is 5.72. The number of rotatable bonds is 2. The lowest BCUT2D eigenvalue weighted by atomic mass is 9.94. The van der Waals surface area contributed by atoms with E-state index in [4.69, 9.17) is 15.7 Å². The number of hydrogen-bond acceptors (Lipinski definition) is 4. The van der Waals surface area contributed by atoms with Crippen LogP contribution in [-0.4, -0.2) is 17.1 Å². The molecule has 1 saturated carbocycles. The van der Waals surface area contributed by atoms with Gasteiger partial charge in [-0.2, -0.15) is 5.26 Å². The average Bonchev–Trinajstić information content (AvgIpc) is 2.30. The summed E-state index contributed by atoms with van der Waals surface area (Å²) < 4.78 is 5.72. The largest absolute Gasteiger partial charge is 0.474 e. The van der Waals surface area contributed by atoms with Crippen LogP contribution < -0.4 is 10.5 Å². The van der Waals surface area contributed by atoms with Crippen LogP contribution in [0.2, 0.25) is 0 Å². The van der Waals surface area contributed by atoms with E-state index in [9.17, 15) is 0 Å². The molecule has 1 aliphatic rings. The highest BCUT2D eigenvalue weighted by molar-refractivity contribution is 5.28. The minimum Gasteiger partial charge on any atom is -0.474 e. The first-order valence-electron chi connectivity index (χ1n) is 5.56. The van der Waals surface area contributed by atoms with Crippen molar-refractivity contribution in [3.05, 3.63) is 23.9 Å². The molecule has 1 aromatic rings. The Kier molecular flexibility index (Phi) is 3.37. The Morgan fingerprint density at radius 2 is 2.31 bits per heavy atom. The molecular formula is C12H15N3O. The van der Waals surface area contributed by atoms with Crippen LogP contribution in [0.3, 0.4) is 0 Å². The standard InChI is InChI=1S/C12H15N3O/c13-7-9-4-5-12(15-8-9)16-11-3-1-2-10(14)6-11/h4-5,8,10-11H,1-3,6,14H2. The Labute approximate surface area is 95.0 Å². The van der Waals surface area contributed by atoms with Crippen LogP contribution in [0.5, 0.6) is 5.88 Å². The van der Waals surface area contributed by atoms with E-state index in [1.807, 2.05) is 6.07 Å². The number of nitrogens with zero attached hydrogens (tertiary/aromatic N) is 2. The molecule has 0 bridgehead atoms. The van der Waals surface area contributed by atoms with Gasteiger partial charge in [0.05, 0.1) is 5.56 Å². The third-order valence-electron chi connectivity index (χ3n) is 2.82. The molecule has 0 saturated heterocycles. The average molecular weight is 217 g/mol. The highest BCUT2D eigenvalue weighted by Gasteiger charge is 2.20. The van der Waals surface area contributed by atoms with Crippen molar-refractivity contribution in [2.45, 2.75) is 37.8 Å². The summed E-state index contributed by atoms with van der Waals surface area (Å²) in [5, 5.41) is 8.64. The van der Waals surface area contributed by atoms with Gasteiger partial charge < -0.3 is 10.5 Å². The molecule has 4 heteroatoms. The normalized spacial score (nSPS) is 24.8. The minimum absolute atomic E-state index is 0.171. The van der Waals surface area contributed by atoms with Crippen LogP contribution in [0.1, 0.15) is 31.2 Å². The highest BCUT2D eigenvalue weighted by atomic mass is 16.5. The lowest BCUT2D eigenvalue weighted by Gasteiger charge is -2.26. The molecule has 1 heterocycles. The van der Waals surface area contributed by atoms with E-state index < -0.39 is 0 Å². The summed E-state index contributed by atoms with van der Waals surface area (Å²) in [7, 11) is 0. The number of hydrogen-bond donors (Lipinski definition) is 1. The molecule has 0 spiro atoms. The zero-order valence-electron chi connectivity index (χ0n) is 9.10. The minimum atomic E-state index is 0.171. The summed E-state index contributed by atoms with van der Waals surface area (Å²) >= 11 is 0. The SMILES string of the molecule is N#Cc1ccc(OC2CCCC(N)C2)nc1. The van der Waals surface area contributed by atoms with Crippen molar-refractivity contribution in [1.82, 2.24) is 4.98 Å². The van der Waals surface area contributed by atoms with Gasteiger partial charge in [0.25, 0.3) is 0 Å². The monoisotopic (exact) mass is 217 g/mol. The predicted molar refractivity (Wildman–Crippen MR) is 59.8 cm³/mol. The molecule has 0 radical (unpaired) electrons. The Hall–Kier alpha value is -1.60. The zero-order valence-corrected chi connectivity index (χ0v) is 9.10. The molecule has 1 aromatic heterocycles. The molecule has 2 atom stereocenters. The Morgan fingerprint density at radius 1 is 1.44 bits per heavy atom. The number of aromatic nitrogens is 1. The maximum absolute atomic E-state index is 8.64. The van der Waals surface area contributed by atoms with E-state index in [-0.39, 0.29) is 12.1 Å².